The summed E-state index contributed by atoms with van der Waals surface area (Å²) in [6.07, 6.45) is 1.48. The third-order valence-corrected chi connectivity index (χ3v) is 5.08. The second-order valence-electron chi connectivity index (χ2n) is 4.91. The molecule has 1 aromatic heterocycles. The highest BCUT2D eigenvalue weighted by atomic mass is 35.5. The number of pyridine rings is 1. The van der Waals surface area contributed by atoms with Gasteiger partial charge in [-0.25, -0.2) is 4.98 Å². The summed E-state index contributed by atoms with van der Waals surface area (Å²) in [5.41, 5.74) is 2.80. The highest BCUT2D eigenvalue weighted by Gasteiger charge is 2.13. The number of amides is 1. The normalized spacial score (nSPS) is 11.7. The molecule has 1 amide bonds. The lowest BCUT2D eigenvalue weighted by molar-refractivity contribution is -0.112. The Balaban J connectivity index is 1.96. The number of carbonyl (C=O) groups is 1. The number of aromatic nitrogens is 1. The van der Waals surface area contributed by atoms with Gasteiger partial charge in [0.15, 0.2) is 0 Å². The zero-order valence-electron chi connectivity index (χ0n) is 13.2. The number of hydrogen-bond acceptors (Lipinski definition) is 4. The molecule has 0 aliphatic carbocycles. The molecule has 0 fully saturated rings. The van der Waals surface area contributed by atoms with Gasteiger partial charge >= 0.3 is 0 Å². The number of nitrogens with one attached hydrogen (secondary N) is 1. The van der Waals surface area contributed by atoms with Crippen LogP contribution in [0, 0.1) is 6.92 Å². The number of rotatable bonds is 6. The summed E-state index contributed by atoms with van der Waals surface area (Å²) in [6, 6.07) is 11.4. The molecule has 1 aromatic carbocycles. The average molecular weight is 383 g/mol. The maximum atomic E-state index is 12.1. The molecule has 24 heavy (non-hydrogen) atoms. The molecule has 0 radical (unpaired) electrons. The van der Waals surface area contributed by atoms with E-state index in [1.54, 1.807) is 12.1 Å². The van der Waals surface area contributed by atoms with Gasteiger partial charge in [-0.1, -0.05) is 53.0 Å². The van der Waals surface area contributed by atoms with Crippen LogP contribution in [-0.2, 0) is 10.5 Å². The third-order valence-electron chi connectivity index (χ3n) is 3.06. The van der Waals surface area contributed by atoms with Crippen LogP contribution in [0.4, 0.5) is 5.69 Å². The number of aryl methyl sites for hydroxylation is 1. The van der Waals surface area contributed by atoms with E-state index in [-0.39, 0.29) is 9.40 Å². The van der Waals surface area contributed by atoms with Crippen LogP contribution >= 0.6 is 35.0 Å². The van der Waals surface area contributed by atoms with Crippen LogP contribution in [-0.4, -0.2) is 18.0 Å². The molecular weight excluding hydrogens is 367 g/mol. The van der Waals surface area contributed by atoms with E-state index >= 15 is 0 Å². The Kier molecular flexibility index (Phi) is 6.97. The maximum absolute atomic E-state index is 12.1. The van der Waals surface area contributed by atoms with E-state index in [9.17, 15) is 4.79 Å². The molecule has 1 N–H and O–H groups in total. The van der Waals surface area contributed by atoms with Crippen molar-refractivity contribution in [2.45, 2.75) is 12.7 Å². The lowest BCUT2D eigenvalue weighted by Gasteiger charge is -2.07. The van der Waals surface area contributed by atoms with Crippen molar-refractivity contribution in [2.75, 3.05) is 12.4 Å². The number of nitrogens with zero attached hydrogens (tertiary/aromatic N) is 1. The summed E-state index contributed by atoms with van der Waals surface area (Å²) >= 11 is 13.5. The van der Waals surface area contributed by atoms with E-state index in [4.69, 9.17) is 27.9 Å². The Bertz CT molecular complexity index is 731. The van der Waals surface area contributed by atoms with E-state index in [1.807, 2.05) is 31.2 Å². The first-order chi connectivity index (χ1) is 11.5. The van der Waals surface area contributed by atoms with Crippen molar-refractivity contribution in [1.82, 2.24) is 4.98 Å². The fourth-order valence-electron chi connectivity index (χ4n) is 1.74. The first-order valence-electron chi connectivity index (χ1n) is 7.04. The van der Waals surface area contributed by atoms with Crippen LogP contribution < -0.4 is 10.1 Å². The monoisotopic (exact) mass is 382 g/mol. The van der Waals surface area contributed by atoms with Gasteiger partial charge in [-0.2, -0.15) is 0 Å². The zero-order chi connectivity index (χ0) is 17.5. The van der Waals surface area contributed by atoms with E-state index in [1.165, 1.54) is 30.6 Å². The van der Waals surface area contributed by atoms with Crippen molar-refractivity contribution in [3.63, 3.8) is 0 Å². The van der Waals surface area contributed by atoms with E-state index < -0.39 is 5.91 Å². The molecule has 0 spiro atoms. The second kappa shape index (κ2) is 8.97. The topological polar surface area (TPSA) is 51.2 Å². The van der Waals surface area contributed by atoms with Gasteiger partial charge in [0.05, 0.1) is 23.4 Å². The Labute approximate surface area is 155 Å². The van der Waals surface area contributed by atoms with E-state index in [2.05, 4.69) is 10.3 Å². The minimum atomic E-state index is -0.481. The number of anilines is 1. The van der Waals surface area contributed by atoms with Gasteiger partial charge in [0.25, 0.3) is 5.91 Å². The van der Waals surface area contributed by atoms with Crippen molar-refractivity contribution in [2.24, 2.45) is 0 Å². The quantitative estimate of drug-likeness (QED) is 0.720. The minimum Gasteiger partial charge on any atom is -0.481 e. The molecule has 0 aliphatic heterocycles. The Hall–Kier alpha value is -1.69. The average Bonchev–Trinajstić information content (AvgIpc) is 2.61. The molecule has 2 rings (SSSR count). The Morgan fingerprint density at radius 3 is 2.50 bits per heavy atom. The van der Waals surface area contributed by atoms with Gasteiger partial charge in [0, 0.05) is 11.8 Å². The van der Waals surface area contributed by atoms with Crippen LogP contribution in [0.1, 0.15) is 11.1 Å². The molecule has 0 unspecified atom stereocenters. The molecule has 0 atom stereocenters. The summed E-state index contributed by atoms with van der Waals surface area (Å²) in [7, 11) is 1.52. The van der Waals surface area contributed by atoms with Crippen LogP contribution in [0.25, 0.3) is 0 Å². The smallest absolute Gasteiger partial charge is 0.269 e. The van der Waals surface area contributed by atoms with Gasteiger partial charge in [0.2, 0.25) is 5.88 Å². The second-order valence-corrected chi connectivity index (χ2v) is 6.87. The lowest BCUT2D eigenvalue weighted by atomic mass is 10.2. The predicted molar refractivity (Wildman–Crippen MR) is 101 cm³/mol. The molecule has 7 heteroatoms. The summed E-state index contributed by atoms with van der Waals surface area (Å²) < 4.78 is 5.20. The number of halogens is 2. The van der Waals surface area contributed by atoms with E-state index in [0.717, 1.165) is 5.56 Å². The fraction of sp³-hybridized carbons (Fsp3) is 0.176. The Morgan fingerprint density at radius 1 is 1.21 bits per heavy atom. The SMILES string of the molecule is COc1ccc(NC(=O)/C(Cl)=C(\Cl)SCc2ccc(C)cc2)cn1. The van der Waals surface area contributed by atoms with Crippen molar-refractivity contribution in [1.29, 1.82) is 0 Å². The first-order valence-corrected chi connectivity index (χ1v) is 8.78. The van der Waals surface area contributed by atoms with Crippen molar-refractivity contribution in [3.8, 4) is 5.88 Å². The molecule has 2 aromatic rings. The summed E-state index contributed by atoms with van der Waals surface area (Å²) in [5.74, 6) is 0.610. The van der Waals surface area contributed by atoms with Gasteiger partial charge in [-0.15, -0.1) is 11.8 Å². The lowest BCUT2D eigenvalue weighted by Crippen LogP contribution is -2.12. The number of hydrogen-bond donors (Lipinski definition) is 1. The largest absolute Gasteiger partial charge is 0.481 e. The van der Waals surface area contributed by atoms with E-state index in [0.29, 0.717) is 17.3 Å². The number of ether oxygens (including phenoxy) is 1. The molecular formula is C17H16Cl2N2O2S. The molecule has 0 saturated carbocycles. The molecule has 0 saturated heterocycles. The highest BCUT2D eigenvalue weighted by Crippen LogP contribution is 2.30. The third kappa shape index (κ3) is 5.44. The molecule has 4 nitrogen and oxygen atoms in total. The van der Waals surface area contributed by atoms with Crippen molar-refractivity contribution >= 4 is 46.6 Å². The Morgan fingerprint density at radius 2 is 1.92 bits per heavy atom. The number of benzene rings is 1. The predicted octanol–water partition coefficient (Wildman–Crippen LogP) is 4.92. The fourth-order valence-corrected chi connectivity index (χ4v) is 2.91. The van der Waals surface area contributed by atoms with Crippen LogP contribution in [0.3, 0.4) is 0 Å². The maximum Gasteiger partial charge on any atom is 0.269 e. The number of carbonyl (C=O) groups excluding carboxylic acids is 1. The van der Waals surface area contributed by atoms with Crippen molar-refractivity contribution < 1.29 is 9.53 Å². The summed E-state index contributed by atoms with van der Waals surface area (Å²) in [6.45, 7) is 2.03. The summed E-state index contributed by atoms with van der Waals surface area (Å²) in [5, 5.41) is 2.58. The van der Waals surface area contributed by atoms with Gasteiger partial charge in [0.1, 0.15) is 5.03 Å². The van der Waals surface area contributed by atoms with Crippen LogP contribution in [0.2, 0.25) is 0 Å². The first kappa shape index (κ1) is 18.6. The molecule has 0 aliphatic rings. The molecule has 126 valence electrons. The van der Waals surface area contributed by atoms with Gasteiger partial charge in [-0.05, 0) is 18.6 Å². The summed E-state index contributed by atoms with van der Waals surface area (Å²) in [4.78, 5) is 16.1. The van der Waals surface area contributed by atoms with Gasteiger partial charge < -0.3 is 10.1 Å². The minimum absolute atomic E-state index is 0.0513. The zero-order valence-corrected chi connectivity index (χ0v) is 15.5. The number of methoxy groups -OCH3 is 1. The standard InChI is InChI=1S/C17H16Cl2N2O2S/c1-11-3-5-12(6-4-11)10-24-16(19)15(18)17(22)21-13-7-8-14(23-2)20-9-13/h3-9H,10H2,1-2H3,(H,21,22)/b16-15-. The molecule has 0 bridgehead atoms. The van der Waals surface area contributed by atoms with Gasteiger partial charge in [-0.3, -0.25) is 4.79 Å². The molecule has 1 heterocycles. The highest BCUT2D eigenvalue weighted by molar-refractivity contribution is 8.03. The van der Waals surface area contributed by atoms with Crippen molar-refractivity contribution in [3.05, 3.63) is 63.1 Å². The van der Waals surface area contributed by atoms with Crippen LogP contribution in [0.5, 0.6) is 5.88 Å². The number of thioether (sulfide) groups is 1. The van der Waals surface area contributed by atoms with Crippen LogP contribution in [0.15, 0.2) is 52.0 Å².